The van der Waals surface area contributed by atoms with E-state index < -0.39 is 15.9 Å². The molecule has 3 aromatic rings. The lowest BCUT2D eigenvalue weighted by Gasteiger charge is -2.11. The third-order valence-corrected chi connectivity index (χ3v) is 5.70. The normalized spacial score (nSPS) is 11.0. The Kier molecular flexibility index (Phi) is 6.36. The number of rotatable bonds is 7. The highest BCUT2D eigenvalue weighted by atomic mass is 35.5. The van der Waals surface area contributed by atoms with Gasteiger partial charge in [-0.2, -0.15) is 0 Å². The molecule has 2 N–H and O–H groups in total. The Labute approximate surface area is 173 Å². The summed E-state index contributed by atoms with van der Waals surface area (Å²) >= 11 is 6.02. The second-order valence-electron chi connectivity index (χ2n) is 5.97. The molecule has 0 fully saturated rings. The Morgan fingerprint density at radius 3 is 2.66 bits per heavy atom. The van der Waals surface area contributed by atoms with Gasteiger partial charge in [0.05, 0.1) is 22.7 Å². The summed E-state index contributed by atoms with van der Waals surface area (Å²) in [5, 5.41) is 3.01. The number of sulfonamides is 1. The van der Waals surface area contributed by atoms with Gasteiger partial charge in [-0.15, -0.1) is 0 Å². The fourth-order valence-electron chi connectivity index (χ4n) is 2.57. The van der Waals surface area contributed by atoms with E-state index in [-0.39, 0.29) is 27.7 Å². The summed E-state index contributed by atoms with van der Waals surface area (Å²) in [5.41, 5.74) is 1.16. The maximum Gasteiger partial charge on any atom is 0.261 e. The number of nitrogens with zero attached hydrogens (tertiary/aromatic N) is 1. The third-order valence-electron chi connectivity index (χ3n) is 4.01. The number of anilines is 1. The van der Waals surface area contributed by atoms with E-state index in [0.717, 1.165) is 0 Å². The highest BCUT2D eigenvalue weighted by molar-refractivity contribution is 7.92. The molecule has 1 aromatic heterocycles. The number of amides is 1. The minimum absolute atomic E-state index is 0.0518. The number of pyridine rings is 1. The van der Waals surface area contributed by atoms with Gasteiger partial charge in [0.25, 0.3) is 15.9 Å². The summed E-state index contributed by atoms with van der Waals surface area (Å²) in [7, 11) is -2.42. The van der Waals surface area contributed by atoms with Crippen LogP contribution in [-0.2, 0) is 16.6 Å². The molecule has 0 aliphatic rings. The van der Waals surface area contributed by atoms with Gasteiger partial charge >= 0.3 is 0 Å². The molecule has 0 aliphatic carbocycles. The molecular weight excluding hydrogens is 414 g/mol. The Hall–Kier alpha value is -3.10. The molecule has 3 rings (SSSR count). The molecule has 0 bridgehead atoms. The number of benzene rings is 2. The molecule has 9 heteroatoms. The Bertz CT molecular complexity index is 1140. The topological polar surface area (TPSA) is 97.4 Å². The molecule has 0 spiro atoms. The van der Waals surface area contributed by atoms with E-state index in [1.807, 2.05) is 0 Å². The van der Waals surface area contributed by atoms with Crippen LogP contribution >= 0.6 is 11.6 Å². The lowest BCUT2D eigenvalue weighted by Crippen LogP contribution is -2.23. The second-order valence-corrected chi connectivity index (χ2v) is 8.06. The number of aromatic nitrogens is 1. The van der Waals surface area contributed by atoms with Crippen LogP contribution in [0.4, 0.5) is 5.69 Å². The molecule has 1 heterocycles. The first kappa shape index (κ1) is 20.6. The van der Waals surface area contributed by atoms with Crippen molar-refractivity contribution < 1.29 is 17.9 Å². The van der Waals surface area contributed by atoms with Crippen molar-refractivity contribution in [1.29, 1.82) is 0 Å². The number of para-hydroxylation sites is 1. The number of hydrogen-bond acceptors (Lipinski definition) is 5. The second kappa shape index (κ2) is 8.93. The third kappa shape index (κ3) is 5.04. The largest absolute Gasteiger partial charge is 0.481 e. The fourth-order valence-corrected chi connectivity index (χ4v) is 3.94. The summed E-state index contributed by atoms with van der Waals surface area (Å²) in [4.78, 5) is 16.5. The monoisotopic (exact) mass is 431 g/mol. The average molecular weight is 432 g/mol. The molecule has 0 radical (unpaired) electrons. The van der Waals surface area contributed by atoms with Crippen molar-refractivity contribution in [1.82, 2.24) is 10.3 Å². The first-order chi connectivity index (χ1) is 13.9. The van der Waals surface area contributed by atoms with Crippen molar-refractivity contribution in [3.63, 3.8) is 0 Å². The first-order valence-electron chi connectivity index (χ1n) is 8.54. The van der Waals surface area contributed by atoms with Crippen LogP contribution < -0.4 is 14.8 Å². The summed E-state index contributed by atoms with van der Waals surface area (Å²) in [6, 6.07) is 15.7. The number of halogens is 1. The highest BCUT2D eigenvalue weighted by Gasteiger charge is 2.18. The van der Waals surface area contributed by atoms with Crippen LogP contribution in [-0.4, -0.2) is 26.4 Å². The maximum absolute atomic E-state index is 12.7. The smallest absolute Gasteiger partial charge is 0.261 e. The lowest BCUT2D eigenvalue weighted by atomic mass is 10.2. The van der Waals surface area contributed by atoms with Crippen molar-refractivity contribution >= 4 is 33.2 Å². The fraction of sp³-hybridized carbons (Fsp3) is 0.100. The molecule has 2 aromatic carbocycles. The number of methoxy groups -OCH3 is 1. The number of ether oxygens (including phenoxy) is 1. The standard InChI is InChI=1S/C20H18ClN3O4S/c1-28-20-15(7-5-11-22-20)13-23-19(25)14-6-4-8-16(12-14)29(26,27)24-18-10-3-2-9-17(18)21/h2-12,24H,13H2,1H3,(H,23,25). The average Bonchev–Trinajstić information content (AvgIpc) is 2.74. The van der Waals surface area contributed by atoms with E-state index >= 15 is 0 Å². The zero-order valence-electron chi connectivity index (χ0n) is 15.4. The van der Waals surface area contributed by atoms with Crippen molar-refractivity contribution in [2.24, 2.45) is 0 Å². The quantitative estimate of drug-likeness (QED) is 0.597. The Balaban J connectivity index is 1.76. The highest BCUT2D eigenvalue weighted by Crippen LogP contribution is 2.24. The molecule has 0 atom stereocenters. The molecule has 0 aliphatic heterocycles. The number of carbonyl (C=O) groups is 1. The van der Waals surface area contributed by atoms with Gasteiger partial charge < -0.3 is 10.1 Å². The molecule has 29 heavy (non-hydrogen) atoms. The minimum atomic E-state index is -3.91. The maximum atomic E-state index is 12.7. The van der Waals surface area contributed by atoms with Crippen molar-refractivity contribution in [3.8, 4) is 5.88 Å². The van der Waals surface area contributed by atoms with Crippen LogP contribution in [0.3, 0.4) is 0 Å². The summed E-state index contributed by atoms with van der Waals surface area (Å²) in [6.07, 6.45) is 1.59. The number of hydrogen-bond donors (Lipinski definition) is 2. The zero-order valence-corrected chi connectivity index (χ0v) is 17.0. The van der Waals surface area contributed by atoms with Gasteiger partial charge in [0.1, 0.15) is 0 Å². The van der Waals surface area contributed by atoms with Gasteiger partial charge in [-0.1, -0.05) is 35.9 Å². The van der Waals surface area contributed by atoms with E-state index in [9.17, 15) is 13.2 Å². The SMILES string of the molecule is COc1ncccc1CNC(=O)c1cccc(S(=O)(=O)Nc2ccccc2Cl)c1. The van der Waals surface area contributed by atoms with E-state index in [0.29, 0.717) is 11.4 Å². The minimum Gasteiger partial charge on any atom is -0.481 e. The summed E-state index contributed by atoms with van der Waals surface area (Å²) in [5.74, 6) is -0.0150. The van der Waals surface area contributed by atoms with Crippen LogP contribution in [0.1, 0.15) is 15.9 Å². The van der Waals surface area contributed by atoms with Crippen LogP contribution in [0.2, 0.25) is 5.02 Å². The summed E-state index contributed by atoms with van der Waals surface area (Å²) < 4.78 is 32.9. The molecule has 0 saturated carbocycles. The predicted molar refractivity (Wildman–Crippen MR) is 111 cm³/mol. The van der Waals surface area contributed by atoms with E-state index in [4.69, 9.17) is 16.3 Å². The van der Waals surface area contributed by atoms with Crippen LogP contribution in [0, 0.1) is 0 Å². The van der Waals surface area contributed by atoms with Crippen LogP contribution in [0.5, 0.6) is 5.88 Å². The molecule has 0 saturated heterocycles. The summed E-state index contributed by atoms with van der Waals surface area (Å²) in [6.45, 7) is 0.185. The molecule has 0 unspecified atom stereocenters. The Morgan fingerprint density at radius 1 is 1.10 bits per heavy atom. The first-order valence-corrected chi connectivity index (χ1v) is 10.4. The van der Waals surface area contributed by atoms with Crippen LogP contribution in [0.15, 0.2) is 71.8 Å². The lowest BCUT2D eigenvalue weighted by molar-refractivity contribution is 0.0950. The van der Waals surface area contributed by atoms with E-state index in [2.05, 4.69) is 15.0 Å². The van der Waals surface area contributed by atoms with Gasteiger partial charge in [0.15, 0.2) is 0 Å². The molecule has 7 nitrogen and oxygen atoms in total. The van der Waals surface area contributed by atoms with Gasteiger partial charge in [-0.05, 0) is 36.4 Å². The van der Waals surface area contributed by atoms with Crippen molar-refractivity contribution in [3.05, 3.63) is 83.0 Å². The number of nitrogens with one attached hydrogen (secondary N) is 2. The number of carbonyl (C=O) groups excluding carboxylic acids is 1. The van der Waals surface area contributed by atoms with Gasteiger partial charge in [0.2, 0.25) is 5.88 Å². The van der Waals surface area contributed by atoms with Crippen LogP contribution in [0.25, 0.3) is 0 Å². The Morgan fingerprint density at radius 2 is 1.90 bits per heavy atom. The molecular formula is C20H18ClN3O4S. The van der Waals surface area contributed by atoms with Gasteiger partial charge in [-0.3, -0.25) is 9.52 Å². The van der Waals surface area contributed by atoms with Crippen molar-refractivity contribution in [2.75, 3.05) is 11.8 Å². The van der Waals surface area contributed by atoms with Crippen molar-refractivity contribution in [2.45, 2.75) is 11.4 Å². The molecule has 150 valence electrons. The zero-order chi connectivity index (χ0) is 20.9. The van der Waals surface area contributed by atoms with Gasteiger partial charge in [-0.25, -0.2) is 13.4 Å². The molecule has 1 amide bonds. The van der Waals surface area contributed by atoms with E-state index in [1.165, 1.54) is 31.4 Å². The van der Waals surface area contributed by atoms with Gasteiger partial charge in [0, 0.05) is 23.9 Å². The predicted octanol–water partition coefficient (Wildman–Crippen LogP) is 3.47. The van der Waals surface area contributed by atoms with E-state index in [1.54, 1.807) is 42.6 Å².